The Kier molecular flexibility index (Phi) is 3.33. The van der Waals surface area contributed by atoms with E-state index in [4.69, 9.17) is 14.2 Å². The normalized spacial score (nSPS) is 38.8. The molecule has 2 bridgehead atoms. The molecule has 0 aromatic carbocycles. The van der Waals surface area contributed by atoms with Crippen LogP contribution in [0.15, 0.2) is 0 Å². The number of hydrogen-bond acceptors (Lipinski definition) is 4. The number of hydrogen-bond donors (Lipinski definition) is 0. The van der Waals surface area contributed by atoms with Crippen LogP contribution >= 0.6 is 0 Å². The Morgan fingerprint density at radius 3 is 2.06 bits per heavy atom. The fraction of sp³-hybridized carbons (Fsp3) is 0.917. The number of ether oxygens (including phenoxy) is 3. The van der Waals surface area contributed by atoms with Gasteiger partial charge in [0.1, 0.15) is 0 Å². The maximum Gasteiger partial charge on any atom is 0.154 e. The molecular formula is C12H20O4. The van der Waals surface area contributed by atoms with E-state index in [0.29, 0.717) is 32.2 Å². The average Bonchev–Trinajstić information content (AvgIpc) is 2.23. The summed E-state index contributed by atoms with van der Waals surface area (Å²) >= 11 is 0. The minimum atomic E-state index is -0.413. The van der Waals surface area contributed by atoms with E-state index in [1.807, 2.05) is 0 Å². The summed E-state index contributed by atoms with van der Waals surface area (Å²) in [5, 5.41) is 0. The average molecular weight is 228 g/mol. The van der Waals surface area contributed by atoms with Gasteiger partial charge in [-0.1, -0.05) is 6.42 Å². The molecular weight excluding hydrogens is 208 g/mol. The van der Waals surface area contributed by atoms with E-state index in [1.54, 1.807) is 14.2 Å². The standard InChI is InChI=1S/C12H20O4/c1-14-6-11-4-3-5-12(7-15-2,10(11)13)9-16-8-11/h3-9H2,1-2H3. The third-order valence-electron chi connectivity index (χ3n) is 3.87. The predicted molar refractivity (Wildman–Crippen MR) is 58.3 cm³/mol. The van der Waals surface area contributed by atoms with Crippen LogP contribution in [-0.2, 0) is 19.0 Å². The maximum atomic E-state index is 12.6. The second-order valence-electron chi connectivity index (χ2n) is 5.10. The zero-order valence-electron chi connectivity index (χ0n) is 10.1. The van der Waals surface area contributed by atoms with Crippen LogP contribution in [0.2, 0.25) is 0 Å². The van der Waals surface area contributed by atoms with Gasteiger partial charge in [-0.05, 0) is 12.8 Å². The summed E-state index contributed by atoms with van der Waals surface area (Å²) in [4.78, 5) is 12.6. The zero-order valence-corrected chi connectivity index (χ0v) is 10.1. The van der Waals surface area contributed by atoms with Crippen LogP contribution in [0.1, 0.15) is 19.3 Å². The zero-order chi connectivity index (χ0) is 11.6. The first kappa shape index (κ1) is 12.0. The Morgan fingerprint density at radius 2 is 1.62 bits per heavy atom. The number of methoxy groups -OCH3 is 2. The second-order valence-corrected chi connectivity index (χ2v) is 5.10. The summed E-state index contributed by atoms with van der Waals surface area (Å²) in [5.41, 5.74) is -0.826. The van der Waals surface area contributed by atoms with E-state index in [-0.39, 0.29) is 0 Å². The SMILES string of the molecule is COCC12CCCC(COC)(COC1)C2=O. The van der Waals surface area contributed by atoms with Gasteiger partial charge in [-0.2, -0.15) is 0 Å². The third-order valence-corrected chi connectivity index (χ3v) is 3.87. The van der Waals surface area contributed by atoms with E-state index in [0.717, 1.165) is 19.3 Å². The Labute approximate surface area is 96.2 Å². The van der Waals surface area contributed by atoms with Gasteiger partial charge in [0.25, 0.3) is 0 Å². The Bertz CT molecular complexity index is 229. The third kappa shape index (κ3) is 1.69. The first-order valence-corrected chi connectivity index (χ1v) is 5.80. The molecule has 16 heavy (non-hydrogen) atoms. The van der Waals surface area contributed by atoms with Crippen molar-refractivity contribution >= 4 is 5.78 Å². The van der Waals surface area contributed by atoms with Crippen LogP contribution < -0.4 is 0 Å². The van der Waals surface area contributed by atoms with Gasteiger partial charge < -0.3 is 14.2 Å². The summed E-state index contributed by atoms with van der Waals surface area (Å²) in [6, 6.07) is 0. The van der Waals surface area contributed by atoms with Crippen LogP contribution in [0.4, 0.5) is 0 Å². The topological polar surface area (TPSA) is 44.8 Å². The minimum absolute atomic E-state index is 0.293. The van der Waals surface area contributed by atoms with E-state index < -0.39 is 10.8 Å². The Balaban J connectivity index is 2.25. The molecule has 1 saturated carbocycles. The summed E-state index contributed by atoms with van der Waals surface area (Å²) in [6.07, 6.45) is 2.82. The van der Waals surface area contributed by atoms with Crippen LogP contribution in [0, 0.1) is 10.8 Å². The molecule has 0 aromatic heterocycles. The molecule has 2 atom stereocenters. The van der Waals surface area contributed by atoms with Crippen molar-refractivity contribution in [2.75, 3.05) is 40.6 Å². The highest BCUT2D eigenvalue weighted by Gasteiger charge is 2.56. The fourth-order valence-corrected chi connectivity index (χ4v) is 3.18. The van der Waals surface area contributed by atoms with Gasteiger partial charge in [0.05, 0.1) is 37.3 Å². The van der Waals surface area contributed by atoms with Crippen molar-refractivity contribution in [1.29, 1.82) is 0 Å². The largest absolute Gasteiger partial charge is 0.384 e. The molecule has 1 saturated heterocycles. The molecule has 0 aromatic rings. The van der Waals surface area contributed by atoms with Crippen LogP contribution in [0.3, 0.4) is 0 Å². The monoisotopic (exact) mass is 228 g/mol. The molecule has 0 spiro atoms. The summed E-state index contributed by atoms with van der Waals surface area (Å²) in [7, 11) is 3.28. The lowest BCUT2D eigenvalue weighted by atomic mass is 9.60. The molecule has 1 aliphatic carbocycles. The number of rotatable bonds is 4. The highest BCUT2D eigenvalue weighted by atomic mass is 16.5. The molecule has 0 radical (unpaired) electrons. The van der Waals surface area contributed by atoms with E-state index in [2.05, 4.69) is 0 Å². The summed E-state index contributed by atoms with van der Waals surface area (Å²) in [6.45, 7) is 1.95. The molecule has 1 aliphatic heterocycles. The predicted octanol–water partition coefficient (Wildman–Crippen LogP) is 1.04. The first-order valence-electron chi connectivity index (χ1n) is 5.80. The van der Waals surface area contributed by atoms with Crippen molar-refractivity contribution < 1.29 is 19.0 Å². The summed E-state index contributed by atoms with van der Waals surface area (Å²) in [5.74, 6) is 0.293. The van der Waals surface area contributed by atoms with Crippen molar-refractivity contribution in [3.63, 3.8) is 0 Å². The quantitative estimate of drug-likeness (QED) is 0.721. The number of ketones is 1. The first-order chi connectivity index (χ1) is 7.69. The van der Waals surface area contributed by atoms with Gasteiger partial charge in [0, 0.05) is 14.2 Å². The van der Waals surface area contributed by atoms with Crippen molar-refractivity contribution in [1.82, 2.24) is 0 Å². The molecule has 92 valence electrons. The minimum Gasteiger partial charge on any atom is -0.384 e. The van der Waals surface area contributed by atoms with Gasteiger partial charge in [-0.25, -0.2) is 0 Å². The second kappa shape index (κ2) is 4.43. The molecule has 2 fully saturated rings. The molecule has 2 aliphatic rings. The lowest BCUT2D eigenvalue weighted by Gasteiger charge is -2.49. The Hall–Kier alpha value is -0.450. The molecule has 1 heterocycles. The lowest BCUT2D eigenvalue weighted by molar-refractivity contribution is -0.181. The van der Waals surface area contributed by atoms with Gasteiger partial charge in [0.2, 0.25) is 0 Å². The number of carbonyl (C=O) groups excluding carboxylic acids is 1. The van der Waals surface area contributed by atoms with Gasteiger partial charge in [0.15, 0.2) is 5.78 Å². The Morgan fingerprint density at radius 1 is 1.12 bits per heavy atom. The molecule has 0 N–H and O–H groups in total. The van der Waals surface area contributed by atoms with Crippen molar-refractivity contribution in [2.45, 2.75) is 19.3 Å². The lowest BCUT2D eigenvalue weighted by Crippen LogP contribution is -2.59. The van der Waals surface area contributed by atoms with Gasteiger partial charge in [-0.3, -0.25) is 4.79 Å². The smallest absolute Gasteiger partial charge is 0.154 e. The highest BCUT2D eigenvalue weighted by molar-refractivity contribution is 5.92. The molecule has 4 nitrogen and oxygen atoms in total. The highest BCUT2D eigenvalue weighted by Crippen LogP contribution is 2.47. The van der Waals surface area contributed by atoms with Crippen LogP contribution in [0.5, 0.6) is 0 Å². The van der Waals surface area contributed by atoms with E-state index >= 15 is 0 Å². The van der Waals surface area contributed by atoms with Crippen molar-refractivity contribution in [3.8, 4) is 0 Å². The van der Waals surface area contributed by atoms with Crippen LogP contribution in [-0.4, -0.2) is 46.4 Å². The fourth-order valence-electron chi connectivity index (χ4n) is 3.18. The van der Waals surface area contributed by atoms with E-state index in [9.17, 15) is 4.79 Å². The molecule has 4 heteroatoms. The van der Waals surface area contributed by atoms with Gasteiger partial charge >= 0.3 is 0 Å². The van der Waals surface area contributed by atoms with Crippen molar-refractivity contribution in [3.05, 3.63) is 0 Å². The maximum absolute atomic E-state index is 12.6. The summed E-state index contributed by atoms with van der Waals surface area (Å²) < 4.78 is 16.1. The molecule has 2 unspecified atom stereocenters. The van der Waals surface area contributed by atoms with E-state index in [1.165, 1.54) is 0 Å². The number of fused-ring (bicyclic) bond motifs is 2. The molecule has 2 rings (SSSR count). The van der Waals surface area contributed by atoms with Crippen LogP contribution in [0.25, 0.3) is 0 Å². The van der Waals surface area contributed by atoms with Crippen molar-refractivity contribution in [2.24, 2.45) is 10.8 Å². The number of carbonyl (C=O) groups is 1. The number of Topliss-reactive ketones (excluding diaryl/α,β-unsaturated/α-hetero) is 1. The molecule has 0 amide bonds. The van der Waals surface area contributed by atoms with Gasteiger partial charge in [-0.15, -0.1) is 0 Å².